The van der Waals surface area contributed by atoms with Gasteiger partial charge in [0.25, 0.3) is 5.91 Å². The molecule has 5 heteroatoms. The monoisotopic (exact) mass is 279 g/mol. The summed E-state index contributed by atoms with van der Waals surface area (Å²) in [7, 11) is 0. The molecule has 0 unspecified atom stereocenters. The minimum atomic E-state index is -0.724. The number of nitrogens with one attached hydrogen (secondary N) is 1. The largest absolute Gasteiger partial charge is 0.388 e. The van der Waals surface area contributed by atoms with Crippen molar-refractivity contribution in [3.8, 4) is 0 Å². The number of rotatable bonds is 5. The molecule has 1 aliphatic rings. The summed E-state index contributed by atoms with van der Waals surface area (Å²) in [5.74, 6) is -0.141. The van der Waals surface area contributed by atoms with Crippen LogP contribution in [0.4, 0.5) is 0 Å². The Bertz CT molecular complexity index is 462. The Balaban J connectivity index is 1.99. The lowest BCUT2D eigenvalue weighted by Crippen LogP contribution is -2.44. The summed E-state index contributed by atoms with van der Waals surface area (Å²) in [5.41, 5.74) is 0.788. The van der Waals surface area contributed by atoms with E-state index in [9.17, 15) is 9.90 Å². The van der Waals surface area contributed by atoms with Crippen LogP contribution < -0.4 is 5.32 Å². The molecule has 0 radical (unpaired) electrons. The first-order chi connectivity index (χ1) is 9.58. The summed E-state index contributed by atoms with van der Waals surface area (Å²) in [6.45, 7) is 5.00. The van der Waals surface area contributed by atoms with Gasteiger partial charge in [0.15, 0.2) is 0 Å². The van der Waals surface area contributed by atoms with Crippen molar-refractivity contribution in [2.45, 2.75) is 64.5 Å². The predicted octanol–water partition coefficient (Wildman–Crippen LogP) is 1.89. The summed E-state index contributed by atoms with van der Waals surface area (Å²) < 4.78 is 1.72. The Morgan fingerprint density at radius 3 is 2.70 bits per heavy atom. The summed E-state index contributed by atoms with van der Waals surface area (Å²) in [6.07, 6.45) is 5.63. The van der Waals surface area contributed by atoms with Crippen LogP contribution in [0.1, 0.15) is 62.1 Å². The fourth-order valence-corrected chi connectivity index (χ4v) is 2.79. The van der Waals surface area contributed by atoms with Crippen LogP contribution in [0.25, 0.3) is 0 Å². The molecule has 0 aliphatic heterocycles. The molecule has 1 amide bonds. The number of carbonyl (C=O) groups is 1. The molecule has 1 aromatic heterocycles. The maximum Gasteiger partial charge on any atom is 0.269 e. The number of hydrogen-bond donors (Lipinski definition) is 2. The molecule has 0 atom stereocenters. The van der Waals surface area contributed by atoms with Crippen molar-refractivity contribution in [1.29, 1.82) is 0 Å². The van der Waals surface area contributed by atoms with Gasteiger partial charge in [0.1, 0.15) is 5.69 Å². The number of hydrogen-bond acceptors (Lipinski definition) is 3. The molecule has 0 aromatic carbocycles. The summed E-state index contributed by atoms with van der Waals surface area (Å²) in [4.78, 5) is 12.3. The van der Waals surface area contributed by atoms with E-state index in [2.05, 4.69) is 10.4 Å². The Kier molecular flexibility index (Phi) is 4.81. The molecular formula is C15H25N3O2. The van der Waals surface area contributed by atoms with E-state index in [1.54, 1.807) is 4.68 Å². The van der Waals surface area contributed by atoms with Crippen LogP contribution in [0.3, 0.4) is 0 Å². The van der Waals surface area contributed by atoms with Gasteiger partial charge >= 0.3 is 0 Å². The third kappa shape index (κ3) is 3.39. The van der Waals surface area contributed by atoms with Crippen LogP contribution in [0, 0.1) is 0 Å². The fraction of sp³-hybridized carbons (Fsp3) is 0.733. The molecule has 1 heterocycles. The van der Waals surface area contributed by atoms with E-state index in [0.717, 1.165) is 37.8 Å². The van der Waals surface area contributed by atoms with Crippen LogP contribution in [-0.2, 0) is 13.0 Å². The highest BCUT2D eigenvalue weighted by atomic mass is 16.3. The lowest BCUT2D eigenvalue weighted by Gasteiger charge is -2.32. The lowest BCUT2D eigenvalue weighted by atomic mass is 9.85. The van der Waals surface area contributed by atoms with Crippen molar-refractivity contribution in [1.82, 2.24) is 15.1 Å². The van der Waals surface area contributed by atoms with Gasteiger partial charge in [-0.05, 0) is 32.3 Å². The van der Waals surface area contributed by atoms with Gasteiger partial charge in [-0.3, -0.25) is 9.48 Å². The number of nitrogens with zero attached hydrogens (tertiary/aromatic N) is 2. The Labute approximate surface area is 120 Å². The van der Waals surface area contributed by atoms with Gasteiger partial charge in [-0.2, -0.15) is 5.10 Å². The zero-order chi connectivity index (χ0) is 14.6. The summed E-state index contributed by atoms with van der Waals surface area (Å²) in [5, 5.41) is 17.7. The van der Waals surface area contributed by atoms with Gasteiger partial charge in [-0.1, -0.05) is 26.2 Å². The Morgan fingerprint density at radius 2 is 2.10 bits per heavy atom. The maximum absolute atomic E-state index is 12.3. The number of aliphatic hydroxyl groups is 1. The van der Waals surface area contributed by atoms with Crippen molar-refractivity contribution in [2.75, 3.05) is 6.54 Å². The first kappa shape index (κ1) is 15.0. The number of amides is 1. The highest BCUT2D eigenvalue weighted by Gasteiger charge is 2.30. The molecule has 0 bridgehead atoms. The number of carbonyl (C=O) groups excluding carboxylic acids is 1. The van der Waals surface area contributed by atoms with Gasteiger partial charge in [0.05, 0.1) is 11.3 Å². The summed E-state index contributed by atoms with van der Waals surface area (Å²) in [6, 6.07) is 1.84. The SMILES string of the molecule is CCc1cc(C(=O)NCC2(O)CCCCC2)n(CC)n1. The molecule has 20 heavy (non-hydrogen) atoms. The number of aromatic nitrogens is 2. The van der Waals surface area contributed by atoms with Crippen LogP contribution >= 0.6 is 0 Å². The van der Waals surface area contributed by atoms with Crippen molar-refractivity contribution in [3.63, 3.8) is 0 Å². The predicted molar refractivity (Wildman–Crippen MR) is 77.6 cm³/mol. The zero-order valence-corrected chi connectivity index (χ0v) is 12.5. The third-order valence-electron chi connectivity index (χ3n) is 4.09. The lowest BCUT2D eigenvalue weighted by molar-refractivity contribution is 0.00516. The van der Waals surface area contributed by atoms with Crippen molar-refractivity contribution in [3.05, 3.63) is 17.5 Å². The number of aryl methyl sites for hydroxylation is 2. The Hall–Kier alpha value is -1.36. The van der Waals surface area contributed by atoms with Crippen molar-refractivity contribution < 1.29 is 9.90 Å². The van der Waals surface area contributed by atoms with E-state index >= 15 is 0 Å². The molecule has 1 fully saturated rings. The highest BCUT2D eigenvalue weighted by Crippen LogP contribution is 2.27. The second kappa shape index (κ2) is 6.39. The van der Waals surface area contributed by atoms with E-state index in [1.165, 1.54) is 6.42 Å². The molecule has 5 nitrogen and oxygen atoms in total. The first-order valence-electron chi connectivity index (χ1n) is 7.65. The van der Waals surface area contributed by atoms with E-state index in [1.807, 2.05) is 19.9 Å². The van der Waals surface area contributed by atoms with E-state index in [0.29, 0.717) is 18.8 Å². The molecule has 1 aliphatic carbocycles. The molecule has 0 saturated heterocycles. The quantitative estimate of drug-likeness (QED) is 0.865. The van der Waals surface area contributed by atoms with Gasteiger partial charge in [0.2, 0.25) is 0 Å². The summed E-state index contributed by atoms with van der Waals surface area (Å²) >= 11 is 0. The van der Waals surface area contributed by atoms with Gasteiger partial charge < -0.3 is 10.4 Å². The topological polar surface area (TPSA) is 67.2 Å². The molecule has 112 valence electrons. The highest BCUT2D eigenvalue weighted by molar-refractivity contribution is 5.92. The van der Waals surface area contributed by atoms with Crippen LogP contribution in [-0.4, -0.2) is 32.9 Å². The van der Waals surface area contributed by atoms with Crippen LogP contribution in [0.2, 0.25) is 0 Å². The first-order valence-corrected chi connectivity index (χ1v) is 7.65. The smallest absolute Gasteiger partial charge is 0.269 e. The second-order valence-corrected chi connectivity index (χ2v) is 5.66. The standard InChI is InChI=1S/C15H25N3O2/c1-3-12-10-13(18(4-2)17-12)14(19)16-11-15(20)8-6-5-7-9-15/h10,20H,3-9,11H2,1-2H3,(H,16,19). The normalized spacial score (nSPS) is 17.9. The molecule has 1 aromatic rings. The van der Waals surface area contributed by atoms with E-state index in [4.69, 9.17) is 0 Å². The third-order valence-corrected chi connectivity index (χ3v) is 4.09. The van der Waals surface area contributed by atoms with E-state index in [-0.39, 0.29) is 5.91 Å². The van der Waals surface area contributed by atoms with E-state index < -0.39 is 5.60 Å². The molecule has 0 spiro atoms. The van der Waals surface area contributed by atoms with Gasteiger partial charge in [-0.25, -0.2) is 0 Å². The molecule has 2 N–H and O–H groups in total. The van der Waals surface area contributed by atoms with Crippen LogP contribution in [0.15, 0.2) is 6.07 Å². The second-order valence-electron chi connectivity index (χ2n) is 5.66. The molecule has 2 rings (SSSR count). The fourth-order valence-electron chi connectivity index (χ4n) is 2.79. The molecule has 1 saturated carbocycles. The van der Waals surface area contributed by atoms with Gasteiger partial charge in [-0.15, -0.1) is 0 Å². The van der Waals surface area contributed by atoms with Crippen molar-refractivity contribution in [2.24, 2.45) is 0 Å². The molecular weight excluding hydrogens is 254 g/mol. The van der Waals surface area contributed by atoms with Crippen LogP contribution in [0.5, 0.6) is 0 Å². The van der Waals surface area contributed by atoms with Gasteiger partial charge in [0, 0.05) is 13.1 Å². The average molecular weight is 279 g/mol. The maximum atomic E-state index is 12.3. The minimum absolute atomic E-state index is 0.141. The zero-order valence-electron chi connectivity index (χ0n) is 12.5. The minimum Gasteiger partial charge on any atom is -0.388 e. The van der Waals surface area contributed by atoms with Crippen molar-refractivity contribution >= 4 is 5.91 Å². The average Bonchev–Trinajstić information content (AvgIpc) is 2.89. The Morgan fingerprint density at radius 1 is 1.40 bits per heavy atom.